The van der Waals surface area contributed by atoms with Crippen molar-refractivity contribution in [3.63, 3.8) is 0 Å². The number of aromatic nitrogens is 2. The molecule has 0 fully saturated rings. The lowest BCUT2D eigenvalue weighted by molar-refractivity contribution is 0.730. The van der Waals surface area contributed by atoms with Gasteiger partial charge in [0, 0.05) is 24.8 Å². The zero-order chi connectivity index (χ0) is 16.7. The van der Waals surface area contributed by atoms with Crippen LogP contribution in [-0.4, -0.2) is 23.1 Å². The van der Waals surface area contributed by atoms with Crippen LogP contribution in [0.2, 0.25) is 0 Å². The average molecular weight is 312 g/mol. The predicted octanol–water partition coefficient (Wildman–Crippen LogP) is 4.72. The zero-order valence-electron chi connectivity index (χ0n) is 14.8. The summed E-state index contributed by atoms with van der Waals surface area (Å²) in [6.07, 6.45) is 3.23. The van der Waals surface area contributed by atoms with Crippen molar-refractivity contribution < 1.29 is 0 Å². The summed E-state index contributed by atoms with van der Waals surface area (Å²) in [5.74, 6) is 2.68. The molecule has 0 spiro atoms. The molecule has 0 aliphatic carbocycles. The fourth-order valence-corrected chi connectivity index (χ4v) is 2.75. The molecule has 0 aliphatic rings. The van der Waals surface area contributed by atoms with Gasteiger partial charge in [0.25, 0.3) is 0 Å². The molecule has 4 nitrogen and oxygen atoms in total. The van der Waals surface area contributed by atoms with E-state index in [4.69, 9.17) is 0 Å². The van der Waals surface area contributed by atoms with Crippen LogP contribution in [0.25, 0.3) is 0 Å². The number of nitrogens with zero attached hydrogens (tertiary/aromatic N) is 3. The predicted molar refractivity (Wildman–Crippen MR) is 98.7 cm³/mol. The second-order valence-corrected chi connectivity index (χ2v) is 5.78. The zero-order valence-corrected chi connectivity index (χ0v) is 14.8. The average Bonchev–Trinajstić information content (AvgIpc) is 2.54. The molecule has 4 heteroatoms. The van der Waals surface area contributed by atoms with E-state index in [1.54, 1.807) is 0 Å². The summed E-state index contributed by atoms with van der Waals surface area (Å²) < 4.78 is 0. The van der Waals surface area contributed by atoms with Crippen LogP contribution in [-0.2, 0) is 6.42 Å². The first-order valence-electron chi connectivity index (χ1n) is 8.63. The highest BCUT2D eigenvalue weighted by Gasteiger charge is 2.10. The van der Waals surface area contributed by atoms with Crippen molar-refractivity contribution in [2.75, 3.05) is 23.3 Å². The lowest BCUT2D eigenvalue weighted by atomic mass is 10.1. The Bertz CT molecular complexity index is 619. The van der Waals surface area contributed by atoms with Gasteiger partial charge in [-0.05, 0) is 37.8 Å². The number of hydrogen-bond acceptors (Lipinski definition) is 4. The van der Waals surface area contributed by atoms with E-state index in [0.29, 0.717) is 0 Å². The molecule has 124 valence electrons. The van der Waals surface area contributed by atoms with Gasteiger partial charge < -0.3 is 10.2 Å². The molecule has 0 unspecified atom stereocenters. The number of nitrogens with one attached hydrogen (secondary N) is 1. The molecule has 23 heavy (non-hydrogen) atoms. The highest BCUT2D eigenvalue weighted by Crippen LogP contribution is 2.23. The smallest absolute Gasteiger partial charge is 0.136 e. The molecule has 1 aromatic heterocycles. The SMILES string of the molecule is CCCN(CCC)c1cc(Nc2ccccc2CC)nc(C)n1. The van der Waals surface area contributed by atoms with Crippen molar-refractivity contribution in [2.24, 2.45) is 0 Å². The fraction of sp³-hybridized carbons (Fsp3) is 0.474. The van der Waals surface area contributed by atoms with Crippen LogP contribution in [0, 0.1) is 6.92 Å². The van der Waals surface area contributed by atoms with Crippen LogP contribution in [0.4, 0.5) is 17.3 Å². The number of para-hydroxylation sites is 1. The Morgan fingerprint density at radius 1 is 1.00 bits per heavy atom. The second kappa shape index (κ2) is 8.51. The van der Waals surface area contributed by atoms with Crippen LogP contribution < -0.4 is 10.2 Å². The minimum atomic E-state index is 0.802. The van der Waals surface area contributed by atoms with Gasteiger partial charge in [-0.15, -0.1) is 0 Å². The number of benzene rings is 1. The van der Waals surface area contributed by atoms with Crippen LogP contribution in [0.3, 0.4) is 0 Å². The topological polar surface area (TPSA) is 41.0 Å². The van der Waals surface area contributed by atoms with Gasteiger partial charge in [-0.1, -0.05) is 39.0 Å². The Morgan fingerprint density at radius 3 is 2.35 bits per heavy atom. The van der Waals surface area contributed by atoms with E-state index < -0.39 is 0 Å². The van der Waals surface area contributed by atoms with Crippen LogP contribution >= 0.6 is 0 Å². The highest BCUT2D eigenvalue weighted by molar-refractivity contribution is 5.63. The Balaban J connectivity index is 2.29. The van der Waals surface area contributed by atoms with Crippen LogP contribution in [0.5, 0.6) is 0 Å². The molecule has 0 atom stereocenters. The van der Waals surface area contributed by atoms with Crippen molar-refractivity contribution in [1.29, 1.82) is 0 Å². The van der Waals surface area contributed by atoms with E-state index in [9.17, 15) is 0 Å². The summed E-state index contributed by atoms with van der Waals surface area (Å²) in [6, 6.07) is 10.4. The molecule has 0 radical (unpaired) electrons. The van der Waals surface area contributed by atoms with Gasteiger partial charge in [0.05, 0.1) is 0 Å². The fourth-order valence-electron chi connectivity index (χ4n) is 2.75. The van der Waals surface area contributed by atoms with Crippen molar-refractivity contribution in [3.8, 4) is 0 Å². The minimum Gasteiger partial charge on any atom is -0.356 e. The Kier molecular flexibility index (Phi) is 6.39. The molecule has 0 aliphatic heterocycles. The van der Waals surface area contributed by atoms with Gasteiger partial charge in [-0.25, -0.2) is 9.97 Å². The summed E-state index contributed by atoms with van der Waals surface area (Å²) in [7, 11) is 0. The van der Waals surface area contributed by atoms with Crippen molar-refractivity contribution in [3.05, 3.63) is 41.7 Å². The second-order valence-electron chi connectivity index (χ2n) is 5.78. The van der Waals surface area contributed by atoms with Gasteiger partial charge in [-0.3, -0.25) is 0 Å². The molecule has 2 rings (SSSR count). The first-order chi connectivity index (χ1) is 11.2. The standard InChI is InChI=1S/C19H28N4/c1-5-12-23(13-6-2)19-14-18(20-15(4)21-19)22-17-11-9-8-10-16(17)7-3/h8-11,14H,5-7,12-13H2,1-4H3,(H,20,21,22). The summed E-state index contributed by atoms with van der Waals surface area (Å²) >= 11 is 0. The molecule has 1 N–H and O–H groups in total. The number of aryl methyl sites for hydroxylation is 2. The summed E-state index contributed by atoms with van der Waals surface area (Å²) in [4.78, 5) is 11.5. The monoisotopic (exact) mass is 312 g/mol. The first-order valence-corrected chi connectivity index (χ1v) is 8.63. The van der Waals surface area contributed by atoms with E-state index >= 15 is 0 Å². The number of rotatable bonds is 8. The van der Waals surface area contributed by atoms with Crippen LogP contribution in [0.1, 0.15) is 45.0 Å². The molecule has 0 bridgehead atoms. The van der Waals surface area contributed by atoms with Crippen LogP contribution in [0.15, 0.2) is 30.3 Å². The van der Waals surface area contributed by atoms with Gasteiger partial charge >= 0.3 is 0 Å². The van der Waals surface area contributed by atoms with Gasteiger partial charge in [0.1, 0.15) is 17.5 Å². The maximum absolute atomic E-state index is 4.63. The highest BCUT2D eigenvalue weighted by atomic mass is 15.2. The summed E-state index contributed by atoms with van der Waals surface area (Å²) in [6.45, 7) is 10.6. The minimum absolute atomic E-state index is 0.802. The van der Waals surface area contributed by atoms with E-state index in [0.717, 1.165) is 55.5 Å². The maximum atomic E-state index is 4.63. The quantitative estimate of drug-likeness (QED) is 0.766. The van der Waals surface area contributed by atoms with E-state index in [2.05, 4.69) is 71.3 Å². The molecular formula is C19H28N4. The van der Waals surface area contributed by atoms with Gasteiger partial charge in [-0.2, -0.15) is 0 Å². The maximum Gasteiger partial charge on any atom is 0.136 e. The lowest BCUT2D eigenvalue weighted by Gasteiger charge is -2.23. The number of hydrogen-bond donors (Lipinski definition) is 1. The lowest BCUT2D eigenvalue weighted by Crippen LogP contribution is -2.26. The third-order valence-electron chi connectivity index (χ3n) is 3.80. The molecule has 0 saturated heterocycles. The summed E-state index contributed by atoms with van der Waals surface area (Å²) in [5.41, 5.74) is 2.42. The first kappa shape index (κ1) is 17.3. The summed E-state index contributed by atoms with van der Waals surface area (Å²) in [5, 5.41) is 3.47. The molecule has 1 heterocycles. The van der Waals surface area contributed by atoms with Gasteiger partial charge in [0.2, 0.25) is 0 Å². The van der Waals surface area contributed by atoms with Crippen molar-refractivity contribution >= 4 is 17.3 Å². The van der Waals surface area contributed by atoms with E-state index in [-0.39, 0.29) is 0 Å². The third kappa shape index (κ3) is 4.68. The third-order valence-corrected chi connectivity index (χ3v) is 3.80. The van der Waals surface area contributed by atoms with E-state index in [1.165, 1.54) is 5.56 Å². The van der Waals surface area contributed by atoms with Crippen molar-refractivity contribution in [2.45, 2.75) is 47.0 Å². The molecule has 0 saturated carbocycles. The Labute approximate surface area is 140 Å². The largest absolute Gasteiger partial charge is 0.356 e. The molecule has 2 aromatic rings. The Hall–Kier alpha value is -2.10. The normalized spacial score (nSPS) is 10.6. The molecule has 1 aromatic carbocycles. The number of anilines is 3. The van der Waals surface area contributed by atoms with Gasteiger partial charge in [0.15, 0.2) is 0 Å². The molecular weight excluding hydrogens is 284 g/mol. The molecule has 0 amide bonds. The van der Waals surface area contributed by atoms with E-state index in [1.807, 2.05) is 6.92 Å². The Morgan fingerprint density at radius 2 is 1.70 bits per heavy atom. The van der Waals surface area contributed by atoms with Crippen molar-refractivity contribution in [1.82, 2.24) is 9.97 Å².